The summed E-state index contributed by atoms with van der Waals surface area (Å²) in [6.07, 6.45) is -6.63. The van der Waals surface area contributed by atoms with Crippen molar-refractivity contribution >= 4 is 0 Å². The van der Waals surface area contributed by atoms with Crippen molar-refractivity contribution in [3.8, 4) is 23.0 Å². The van der Waals surface area contributed by atoms with E-state index in [1.165, 1.54) is 32.4 Å². The Labute approximate surface area is 215 Å². The number of aliphatic hydroxyl groups excluding tert-OH is 5. The van der Waals surface area contributed by atoms with Crippen LogP contribution in [0.5, 0.6) is 23.0 Å². The smallest absolute Gasteiger partial charge is 0.186 e. The highest BCUT2D eigenvalue weighted by Crippen LogP contribution is 2.34. The molecule has 1 aliphatic heterocycles. The van der Waals surface area contributed by atoms with Gasteiger partial charge >= 0.3 is 0 Å². The molecule has 0 saturated carbocycles. The minimum absolute atomic E-state index is 0.0732. The molecular formula is C26H36O11. The van der Waals surface area contributed by atoms with Gasteiger partial charge in [0.05, 0.1) is 33.5 Å². The van der Waals surface area contributed by atoms with Crippen LogP contribution in [0.25, 0.3) is 0 Å². The third-order valence-electron chi connectivity index (χ3n) is 6.28. The highest BCUT2D eigenvalue weighted by Gasteiger charge is 2.42. The predicted molar refractivity (Wildman–Crippen MR) is 131 cm³/mol. The standard InChI is InChI=1S/C26H36O11/c1-14-22(29)24(31)25(32)26(36-14)35-10-4-5-15-6-9-18(20(11-15)34-3)37-21(13-27)23(30)16-7-8-17(28)19(12-16)33-2/h6-9,11-12,14,21-32H,4-5,10,13H2,1-3H3. The summed E-state index contributed by atoms with van der Waals surface area (Å²) in [5.41, 5.74) is 1.30. The Morgan fingerprint density at radius 3 is 2.32 bits per heavy atom. The first-order valence-electron chi connectivity index (χ1n) is 12.0. The molecule has 37 heavy (non-hydrogen) atoms. The highest BCUT2D eigenvalue weighted by atomic mass is 16.7. The lowest BCUT2D eigenvalue weighted by molar-refractivity contribution is -0.293. The predicted octanol–water partition coefficient (Wildman–Crippen LogP) is 0.659. The molecule has 1 heterocycles. The number of hydrogen-bond donors (Lipinski definition) is 6. The van der Waals surface area contributed by atoms with Gasteiger partial charge in [0.1, 0.15) is 24.4 Å². The van der Waals surface area contributed by atoms with Gasteiger partial charge in [-0.25, -0.2) is 0 Å². The van der Waals surface area contributed by atoms with E-state index in [4.69, 9.17) is 23.7 Å². The molecule has 0 amide bonds. The van der Waals surface area contributed by atoms with Crippen LogP contribution in [0.2, 0.25) is 0 Å². The fraction of sp³-hybridized carbons (Fsp3) is 0.538. The molecule has 6 N–H and O–H groups in total. The molecule has 1 aliphatic rings. The van der Waals surface area contributed by atoms with Crippen molar-refractivity contribution in [1.29, 1.82) is 0 Å². The summed E-state index contributed by atoms with van der Waals surface area (Å²) < 4.78 is 27.4. The van der Waals surface area contributed by atoms with E-state index in [1.807, 2.05) is 6.07 Å². The average molecular weight is 525 g/mol. The quantitative estimate of drug-likeness (QED) is 0.216. The number of phenols is 1. The van der Waals surface area contributed by atoms with Gasteiger partial charge in [0, 0.05) is 0 Å². The topological polar surface area (TPSA) is 168 Å². The first kappa shape index (κ1) is 28.9. The van der Waals surface area contributed by atoms with Crippen LogP contribution in [0.1, 0.15) is 30.6 Å². The minimum atomic E-state index is -1.35. The van der Waals surface area contributed by atoms with Crippen molar-refractivity contribution < 1.29 is 54.3 Å². The van der Waals surface area contributed by atoms with Crippen LogP contribution < -0.4 is 14.2 Å². The molecule has 11 nitrogen and oxygen atoms in total. The third kappa shape index (κ3) is 7.02. The van der Waals surface area contributed by atoms with E-state index in [9.17, 15) is 30.6 Å². The molecule has 7 atom stereocenters. The SMILES string of the molecule is COc1cc(C(O)C(CO)Oc2ccc(CCCOC3OC(C)C(O)C(O)C3O)cc2OC)ccc1O. The summed E-state index contributed by atoms with van der Waals surface area (Å²) in [5, 5.41) is 60.1. The number of aromatic hydroxyl groups is 1. The average Bonchev–Trinajstić information content (AvgIpc) is 2.91. The van der Waals surface area contributed by atoms with Crippen LogP contribution in [0.15, 0.2) is 36.4 Å². The zero-order valence-electron chi connectivity index (χ0n) is 21.1. The number of ether oxygens (including phenoxy) is 5. The number of benzene rings is 2. The Kier molecular flexibility index (Phi) is 10.4. The Morgan fingerprint density at radius 2 is 1.65 bits per heavy atom. The van der Waals surface area contributed by atoms with Crippen LogP contribution >= 0.6 is 0 Å². The number of phenolic OH excluding ortho intramolecular Hbond substituents is 1. The molecule has 2 aromatic carbocycles. The Morgan fingerprint density at radius 1 is 0.919 bits per heavy atom. The summed E-state index contributed by atoms with van der Waals surface area (Å²) in [7, 11) is 2.88. The number of methoxy groups -OCH3 is 2. The number of hydrogen-bond acceptors (Lipinski definition) is 11. The lowest BCUT2D eigenvalue weighted by Gasteiger charge is -2.38. The Balaban J connectivity index is 1.58. The van der Waals surface area contributed by atoms with E-state index in [2.05, 4.69) is 0 Å². The molecule has 1 fully saturated rings. The summed E-state index contributed by atoms with van der Waals surface area (Å²) in [5.74, 6) is 0.846. The van der Waals surface area contributed by atoms with Crippen molar-refractivity contribution in [2.45, 2.75) is 62.7 Å². The van der Waals surface area contributed by atoms with Gasteiger partial charge in [-0.05, 0) is 55.2 Å². The van der Waals surface area contributed by atoms with Crippen LogP contribution in [0.3, 0.4) is 0 Å². The maximum atomic E-state index is 10.8. The van der Waals surface area contributed by atoms with Gasteiger partial charge < -0.3 is 54.3 Å². The lowest BCUT2D eigenvalue weighted by Crippen LogP contribution is -2.57. The van der Waals surface area contributed by atoms with Gasteiger partial charge in [0.25, 0.3) is 0 Å². The van der Waals surface area contributed by atoms with E-state index in [1.54, 1.807) is 19.1 Å². The molecule has 0 radical (unpaired) electrons. The van der Waals surface area contributed by atoms with Crippen LogP contribution in [-0.4, -0.2) is 94.9 Å². The fourth-order valence-corrected chi connectivity index (χ4v) is 4.05. The second kappa shape index (κ2) is 13.2. The first-order valence-corrected chi connectivity index (χ1v) is 12.0. The van der Waals surface area contributed by atoms with E-state index in [-0.39, 0.29) is 18.1 Å². The van der Waals surface area contributed by atoms with E-state index in [0.717, 1.165) is 5.56 Å². The molecule has 0 spiro atoms. The highest BCUT2D eigenvalue weighted by molar-refractivity contribution is 5.44. The van der Waals surface area contributed by atoms with Gasteiger partial charge in [-0.3, -0.25) is 0 Å². The van der Waals surface area contributed by atoms with Gasteiger partial charge in [0.2, 0.25) is 0 Å². The van der Waals surface area contributed by atoms with Crippen molar-refractivity contribution in [3.05, 3.63) is 47.5 Å². The first-order chi connectivity index (χ1) is 17.7. The third-order valence-corrected chi connectivity index (χ3v) is 6.28. The van der Waals surface area contributed by atoms with E-state index < -0.39 is 49.5 Å². The largest absolute Gasteiger partial charge is 0.504 e. The molecule has 1 saturated heterocycles. The summed E-state index contributed by atoms with van der Waals surface area (Å²) in [6.45, 7) is 1.35. The molecule has 206 valence electrons. The van der Waals surface area contributed by atoms with Crippen molar-refractivity contribution in [2.75, 3.05) is 27.4 Å². The Hall–Kier alpha value is -2.64. The van der Waals surface area contributed by atoms with Gasteiger partial charge in [0.15, 0.2) is 35.4 Å². The van der Waals surface area contributed by atoms with Crippen LogP contribution in [0.4, 0.5) is 0 Å². The molecule has 11 heteroatoms. The second-order valence-corrected chi connectivity index (χ2v) is 8.86. The van der Waals surface area contributed by atoms with Gasteiger partial charge in [-0.1, -0.05) is 12.1 Å². The molecule has 3 rings (SSSR count). The normalized spacial score (nSPS) is 25.4. The number of aliphatic hydroxyl groups is 5. The monoisotopic (exact) mass is 524 g/mol. The molecule has 0 bridgehead atoms. The fourth-order valence-electron chi connectivity index (χ4n) is 4.05. The van der Waals surface area contributed by atoms with E-state index in [0.29, 0.717) is 29.9 Å². The summed E-state index contributed by atoms with van der Waals surface area (Å²) >= 11 is 0. The van der Waals surface area contributed by atoms with Crippen molar-refractivity contribution in [1.82, 2.24) is 0 Å². The molecular weight excluding hydrogens is 488 g/mol. The van der Waals surface area contributed by atoms with Crippen molar-refractivity contribution in [2.24, 2.45) is 0 Å². The molecule has 7 unspecified atom stereocenters. The van der Waals surface area contributed by atoms with Crippen LogP contribution in [-0.2, 0) is 15.9 Å². The molecule has 0 aliphatic carbocycles. The Bertz CT molecular complexity index is 1000. The van der Waals surface area contributed by atoms with E-state index >= 15 is 0 Å². The minimum Gasteiger partial charge on any atom is -0.504 e. The summed E-state index contributed by atoms with van der Waals surface area (Å²) in [4.78, 5) is 0. The van der Waals surface area contributed by atoms with Crippen molar-refractivity contribution in [3.63, 3.8) is 0 Å². The maximum Gasteiger partial charge on any atom is 0.186 e. The zero-order valence-corrected chi connectivity index (χ0v) is 21.1. The maximum absolute atomic E-state index is 10.8. The zero-order chi connectivity index (χ0) is 27.1. The van der Waals surface area contributed by atoms with Gasteiger partial charge in [-0.15, -0.1) is 0 Å². The number of rotatable bonds is 12. The number of aryl methyl sites for hydroxylation is 1. The lowest BCUT2D eigenvalue weighted by atomic mass is 10.00. The molecule has 0 aromatic heterocycles. The van der Waals surface area contributed by atoms with Gasteiger partial charge in [-0.2, -0.15) is 0 Å². The summed E-state index contributed by atoms with van der Waals surface area (Å²) in [6, 6.07) is 9.63. The second-order valence-electron chi connectivity index (χ2n) is 8.86. The van der Waals surface area contributed by atoms with Crippen LogP contribution in [0, 0.1) is 0 Å². The molecule has 2 aromatic rings.